The Morgan fingerprint density at radius 2 is 2.00 bits per heavy atom. The van der Waals surface area contributed by atoms with Crippen LogP contribution in [0.2, 0.25) is 0 Å². The van der Waals surface area contributed by atoms with Crippen molar-refractivity contribution in [3.63, 3.8) is 0 Å². The number of amides is 1. The zero-order valence-corrected chi connectivity index (χ0v) is 16.1. The Hall–Kier alpha value is -3.12. The number of fused-ring (bicyclic) bond motifs is 1. The van der Waals surface area contributed by atoms with Crippen LogP contribution < -0.4 is 10.1 Å². The largest absolute Gasteiger partial charge is 0.496 e. The van der Waals surface area contributed by atoms with Crippen LogP contribution in [0.25, 0.3) is 10.2 Å². The van der Waals surface area contributed by atoms with Gasteiger partial charge in [0.1, 0.15) is 17.3 Å². The average Bonchev–Trinajstić information content (AvgIpc) is 3.29. The SMILES string of the molecule is COc1ccccc1CNC(=O)c1cc2sccc2n1Cc1cccc(F)c1. The van der Waals surface area contributed by atoms with Crippen molar-refractivity contribution >= 4 is 27.5 Å². The van der Waals surface area contributed by atoms with Crippen LogP contribution in [0.15, 0.2) is 66.0 Å². The lowest BCUT2D eigenvalue weighted by Crippen LogP contribution is -2.25. The van der Waals surface area contributed by atoms with Gasteiger partial charge in [-0.3, -0.25) is 4.79 Å². The predicted octanol–water partition coefficient (Wildman–Crippen LogP) is 4.83. The third kappa shape index (κ3) is 3.64. The van der Waals surface area contributed by atoms with Crippen LogP contribution in [0.1, 0.15) is 21.6 Å². The van der Waals surface area contributed by atoms with Gasteiger partial charge in [0.2, 0.25) is 0 Å². The van der Waals surface area contributed by atoms with Crippen molar-refractivity contribution in [2.24, 2.45) is 0 Å². The third-order valence-corrected chi connectivity index (χ3v) is 5.47. The summed E-state index contributed by atoms with van der Waals surface area (Å²) in [4.78, 5) is 12.9. The van der Waals surface area contributed by atoms with Gasteiger partial charge < -0.3 is 14.6 Å². The van der Waals surface area contributed by atoms with E-state index in [0.29, 0.717) is 18.8 Å². The molecule has 2 aromatic heterocycles. The molecule has 28 heavy (non-hydrogen) atoms. The second-order valence-corrected chi connectivity index (χ2v) is 7.36. The minimum absolute atomic E-state index is 0.175. The van der Waals surface area contributed by atoms with Crippen molar-refractivity contribution in [2.45, 2.75) is 13.1 Å². The molecule has 1 amide bonds. The summed E-state index contributed by atoms with van der Waals surface area (Å²) in [5.74, 6) is 0.276. The number of rotatable bonds is 6. The fourth-order valence-corrected chi connectivity index (χ4v) is 4.09. The van der Waals surface area contributed by atoms with E-state index in [2.05, 4.69) is 5.32 Å². The molecule has 4 aromatic rings. The first-order valence-corrected chi connectivity index (χ1v) is 9.75. The third-order valence-electron chi connectivity index (χ3n) is 4.62. The minimum atomic E-state index is -0.284. The maximum atomic E-state index is 13.6. The number of carbonyl (C=O) groups excluding carboxylic acids is 1. The summed E-state index contributed by atoms with van der Waals surface area (Å²) in [7, 11) is 1.61. The van der Waals surface area contributed by atoms with E-state index in [4.69, 9.17) is 4.74 Å². The highest BCUT2D eigenvalue weighted by molar-refractivity contribution is 7.17. The maximum Gasteiger partial charge on any atom is 0.268 e. The number of nitrogens with one attached hydrogen (secondary N) is 1. The van der Waals surface area contributed by atoms with E-state index in [1.165, 1.54) is 12.1 Å². The second kappa shape index (κ2) is 7.86. The Bertz CT molecular complexity index is 1130. The first-order chi connectivity index (χ1) is 13.7. The molecule has 6 heteroatoms. The molecule has 0 radical (unpaired) electrons. The van der Waals surface area contributed by atoms with Crippen molar-refractivity contribution in [2.75, 3.05) is 7.11 Å². The molecule has 0 spiro atoms. The Morgan fingerprint density at radius 3 is 2.82 bits per heavy atom. The summed E-state index contributed by atoms with van der Waals surface area (Å²) < 4.78 is 21.9. The number of halogens is 1. The van der Waals surface area contributed by atoms with E-state index < -0.39 is 0 Å². The summed E-state index contributed by atoms with van der Waals surface area (Å²) in [5, 5.41) is 4.96. The van der Waals surface area contributed by atoms with Crippen LogP contribution in [-0.2, 0) is 13.1 Å². The van der Waals surface area contributed by atoms with Crippen LogP contribution in [0.4, 0.5) is 4.39 Å². The number of methoxy groups -OCH3 is 1. The zero-order valence-electron chi connectivity index (χ0n) is 15.3. The fraction of sp³-hybridized carbons (Fsp3) is 0.136. The lowest BCUT2D eigenvalue weighted by Gasteiger charge is -2.12. The van der Waals surface area contributed by atoms with Gasteiger partial charge in [0.05, 0.1) is 17.3 Å². The molecule has 0 aliphatic rings. The van der Waals surface area contributed by atoms with Gasteiger partial charge >= 0.3 is 0 Å². The van der Waals surface area contributed by atoms with E-state index in [-0.39, 0.29) is 11.7 Å². The van der Waals surface area contributed by atoms with E-state index in [1.54, 1.807) is 24.5 Å². The number of thiophene rings is 1. The van der Waals surface area contributed by atoms with Crippen molar-refractivity contribution in [3.8, 4) is 5.75 Å². The predicted molar refractivity (Wildman–Crippen MR) is 109 cm³/mol. The first-order valence-electron chi connectivity index (χ1n) is 8.87. The molecule has 0 unspecified atom stereocenters. The highest BCUT2D eigenvalue weighted by Crippen LogP contribution is 2.26. The summed E-state index contributed by atoms with van der Waals surface area (Å²) in [6.07, 6.45) is 0. The molecule has 1 N–H and O–H groups in total. The molecular formula is C22H19FN2O2S. The Labute approximate surface area is 166 Å². The average molecular weight is 394 g/mol. The molecule has 4 rings (SSSR count). The van der Waals surface area contributed by atoms with Gasteiger partial charge in [-0.15, -0.1) is 11.3 Å². The molecule has 2 aromatic carbocycles. The molecule has 0 aliphatic heterocycles. The lowest BCUT2D eigenvalue weighted by atomic mass is 10.2. The minimum Gasteiger partial charge on any atom is -0.496 e. The quantitative estimate of drug-likeness (QED) is 0.509. The number of carbonyl (C=O) groups is 1. The number of para-hydroxylation sites is 1. The number of ether oxygens (including phenoxy) is 1. The van der Waals surface area contributed by atoms with Crippen molar-refractivity contribution in [3.05, 3.63) is 88.7 Å². The molecule has 2 heterocycles. The summed E-state index contributed by atoms with van der Waals surface area (Å²) in [5.41, 5.74) is 3.24. The highest BCUT2D eigenvalue weighted by atomic mass is 32.1. The molecule has 0 saturated heterocycles. The summed E-state index contributed by atoms with van der Waals surface area (Å²) >= 11 is 1.58. The monoisotopic (exact) mass is 394 g/mol. The maximum absolute atomic E-state index is 13.6. The fourth-order valence-electron chi connectivity index (χ4n) is 3.27. The zero-order chi connectivity index (χ0) is 19.5. The normalized spacial score (nSPS) is 10.9. The van der Waals surface area contributed by atoms with Crippen molar-refractivity contribution < 1.29 is 13.9 Å². The summed E-state index contributed by atoms with van der Waals surface area (Å²) in [6.45, 7) is 0.789. The van der Waals surface area contributed by atoms with E-state index >= 15 is 0 Å². The standard InChI is InChI=1S/C22H19FN2O2S/c1-27-20-8-3-2-6-16(20)13-24-22(26)19-12-21-18(9-10-28-21)25(19)14-15-5-4-7-17(23)11-15/h2-12H,13-14H2,1H3,(H,24,26). The first kappa shape index (κ1) is 18.3. The molecule has 0 atom stereocenters. The Morgan fingerprint density at radius 1 is 1.14 bits per heavy atom. The highest BCUT2D eigenvalue weighted by Gasteiger charge is 2.17. The van der Waals surface area contributed by atoms with E-state index in [0.717, 1.165) is 27.1 Å². The van der Waals surface area contributed by atoms with Crippen LogP contribution in [0.3, 0.4) is 0 Å². The molecular weight excluding hydrogens is 375 g/mol. The molecule has 0 saturated carbocycles. The smallest absolute Gasteiger partial charge is 0.268 e. The summed E-state index contributed by atoms with van der Waals surface area (Å²) in [6, 6.07) is 17.9. The van der Waals surface area contributed by atoms with Gasteiger partial charge in [0.15, 0.2) is 0 Å². The van der Waals surface area contributed by atoms with Gasteiger partial charge in [0, 0.05) is 18.7 Å². The number of aromatic nitrogens is 1. The number of hydrogen-bond donors (Lipinski definition) is 1. The lowest BCUT2D eigenvalue weighted by molar-refractivity contribution is 0.0942. The van der Waals surface area contributed by atoms with Gasteiger partial charge in [-0.2, -0.15) is 0 Å². The number of hydrogen-bond acceptors (Lipinski definition) is 3. The number of benzene rings is 2. The topological polar surface area (TPSA) is 43.3 Å². The van der Waals surface area contributed by atoms with E-state index in [1.807, 2.05) is 52.4 Å². The Balaban J connectivity index is 1.61. The van der Waals surface area contributed by atoms with Crippen molar-refractivity contribution in [1.29, 1.82) is 0 Å². The van der Waals surface area contributed by atoms with Crippen LogP contribution in [-0.4, -0.2) is 17.6 Å². The molecule has 0 aliphatic carbocycles. The van der Waals surface area contributed by atoms with E-state index in [9.17, 15) is 9.18 Å². The van der Waals surface area contributed by atoms with Gasteiger partial charge in [-0.1, -0.05) is 30.3 Å². The van der Waals surface area contributed by atoms with Gasteiger partial charge in [0.25, 0.3) is 5.91 Å². The van der Waals surface area contributed by atoms with Gasteiger partial charge in [-0.25, -0.2) is 4.39 Å². The second-order valence-electron chi connectivity index (χ2n) is 6.41. The molecule has 4 nitrogen and oxygen atoms in total. The van der Waals surface area contributed by atoms with Crippen LogP contribution in [0, 0.1) is 5.82 Å². The molecule has 0 fully saturated rings. The Kier molecular flexibility index (Phi) is 5.12. The molecule has 142 valence electrons. The number of nitrogens with zero attached hydrogens (tertiary/aromatic N) is 1. The van der Waals surface area contributed by atoms with Crippen LogP contribution >= 0.6 is 11.3 Å². The van der Waals surface area contributed by atoms with Gasteiger partial charge in [-0.05, 0) is 41.3 Å². The van der Waals surface area contributed by atoms with Crippen molar-refractivity contribution in [1.82, 2.24) is 9.88 Å². The van der Waals surface area contributed by atoms with Crippen LogP contribution in [0.5, 0.6) is 5.75 Å². The molecule has 0 bridgehead atoms.